The van der Waals surface area contributed by atoms with Crippen molar-refractivity contribution in [3.63, 3.8) is 0 Å². The Morgan fingerprint density at radius 1 is 1.29 bits per heavy atom. The molecule has 4 heteroatoms. The van der Waals surface area contributed by atoms with Crippen molar-refractivity contribution in [2.75, 3.05) is 13.7 Å². The quantitative estimate of drug-likeness (QED) is 0.901. The normalized spacial score (nSPS) is 28.1. The largest absolute Gasteiger partial charge is 0.492 e. The van der Waals surface area contributed by atoms with E-state index in [4.69, 9.17) is 16.3 Å². The molecule has 2 saturated heterocycles. The molecule has 3 rings (SSSR count). The summed E-state index contributed by atoms with van der Waals surface area (Å²) >= 11 is 6.28. The summed E-state index contributed by atoms with van der Waals surface area (Å²) < 4.78 is 5.74. The smallest absolute Gasteiger partial charge is 0.142 e. The van der Waals surface area contributed by atoms with Crippen LogP contribution in [0, 0.1) is 0 Å². The second-order valence-corrected chi connectivity index (χ2v) is 6.75. The predicted octanol–water partition coefficient (Wildman–Crippen LogP) is 3.45. The van der Waals surface area contributed by atoms with Gasteiger partial charge in [0.1, 0.15) is 5.75 Å². The molecule has 1 aromatic carbocycles. The van der Waals surface area contributed by atoms with Crippen LogP contribution in [-0.4, -0.2) is 36.7 Å². The van der Waals surface area contributed by atoms with Gasteiger partial charge in [0, 0.05) is 30.2 Å². The molecular formula is C17H25ClN2O. The number of rotatable bonds is 5. The highest BCUT2D eigenvalue weighted by atomic mass is 35.5. The van der Waals surface area contributed by atoms with Gasteiger partial charge < -0.3 is 10.1 Å². The van der Waals surface area contributed by atoms with Gasteiger partial charge in [0.25, 0.3) is 0 Å². The number of piperidine rings is 1. The van der Waals surface area contributed by atoms with E-state index in [1.807, 2.05) is 19.1 Å². The number of hydrogen-bond donors (Lipinski definition) is 1. The fourth-order valence-electron chi connectivity index (χ4n) is 3.77. The highest BCUT2D eigenvalue weighted by Gasteiger charge is 2.35. The van der Waals surface area contributed by atoms with E-state index in [9.17, 15) is 0 Å². The van der Waals surface area contributed by atoms with E-state index in [1.54, 1.807) is 0 Å². The first kappa shape index (κ1) is 15.1. The van der Waals surface area contributed by atoms with Crippen LogP contribution < -0.4 is 10.1 Å². The molecule has 2 atom stereocenters. The summed E-state index contributed by atoms with van der Waals surface area (Å²) in [4.78, 5) is 2.47. The molecule has 0 radical (unpaired) electrons. The summed E-state index contributed by atoms with van der Waals surface area (Å²) in [6.07, 6.45) is 5.21. The van der Waals surface area contributed by atoms with Crippen molar-refractivity contribution in [3.05, 3.63) is 28.8 Å². The zero-order valence-corrected chi connectivity index (χ0v) is 13.7. The van der Waals surface area contributed by atoms with Crippen molar-refractivity contribution < 1.29 is 4.74 Å². The number of ether oxygens (including phenoxy) is 1. The Morgan fingerprint density at radius 2 is 2.00 bits per heavy atom. The highest BCUT2D eigenvalue weighted by molar-refractivity contribution is 6.32. The van der Waals surface area contributed by atoms with E-state index < -0.39 is 0 Å². The maximum Gasteiger partial charge on any atom is 0.142 e. The van der Waals surface area contributed by atoms with Gasteiger partial charge in [-0.15, -0.1) is 0 Å². The first-order chi connectivity index (χ1) is 10.2. The summed E-state index contributed by atoms with van der Waals surface area (Å²) in [6.45, 7) is 3.55. The molecule has 0 amide bonds. The maximum atomic E-state index is 6.28. The van der Waals surface area contributed by atoms with Crippen LogP contribution in [0.2, 0.25) is 5.02 Å². The molecule has 21 heavy (non-hydrogen) atoms. The van der Waals surface area contributed by atoms with Crippen molar-refractivity contribution in [1.29, 1.82) is 0 Å². The van der Waals surface area contributed by atoms with Crippen LogP contribution in [0.4, 0.5) is 0 Å². The van der Waals surface area contributed by atoms with Crippen molar-refractivity contribution in [3.8, 4) is 5.75 Å². The zero-order valence-electron chi connectivity index (χ0n) is 12.9. The Balaban J connectivity index is 1.70. The third-order valence-electron chi connectivity index (χ3n) is 4.83. The monoisotopic (exact) mass is 308 g/mol. The van der Waals surface area contributed by atoms with Crippen LogP contribution in [0.1, 0.15) is 38.2 Å². The van der Waals surface area contributed by atoms with Gasteiger partial charge in [-0.25, -0.2) is 0 Å². The van der Waals surface area contributed by atoms with E-state index in [-0.39, 0.29) is 0 Å². The van der Waals surface area contributed by atoms with Gasteiger partial charge in [0.15, 0.2) is 0 Å². The standard InChI is InChI=1S/C17H25ClN2O/c1-3-21-17-12(5-4-6-16(17)18)11-20(2)15-9-13-7-8-14(10-15)19-13/h4-6,13-15,19H,3,7-11H2,1-2H3. The topological polar surface area (TPSA) is 24.5 Å². The minimum Gasteiger partial charge on any atom is -0.492 e. The number of para-hydroxylation sites is 1. The average Bonchev–Trinajstić information content (AvgIpc) is 2.81. The molecule has 2 unspecified atom stereocenters. The van der Waals surface area contributed by atoms with Crippen LogP contribution in [0.25, 0.3) is 0 Å². The summed E-state index contributed by atoms with van der Waals surface area (Å²) in [5, 5.41) is 4.42. The number of benzene rings is 1. The average molecular weight is 309 g/mol. The Hall–Kier alpha value is -0.770. The molecule has 2 bridgehead atoms. The minimum absolute atomic E-state index is 0.651. The van der Waals surface area contributed by atoms with E-state index in [0.717, 1.165) is 24.4 Å². The second-order valence-electron chi connectivity index (χ2n) is 6.34. The van der Waals surface area contributed by atoms with Gasteiger partial charge in [0.2, 0.25) is 0 Å². The fraction of sp³-hybridized carbons (Fsp3) is 0.647. The lowest BCUT2D eigenvalue weighted by atomic mass is 9.98. The molecule has 2 heterocycles. The zero-order chi connectivity index (χ0) is 14.8. The van der Waals surface area contributed by atoms with E-state index in [0.29, 0.717) is 17.7 Å². The van der Waals surface area contributed by atoms with Crippen molar-refractivity contribution in [2.45, 2.75) is 57.3 Å². The summed E-state index contributed by atoms with van der Waals surface area (Å²) in [5.74, 6) is 0.852. The first-order valence-corrected chi connectivity index (χ1v) is 8.41. The number of fused-ring (bicyclic) bond motifs is 2. The number of nitrogens with one attached hydrogen (secondary N) is 1. The minimum atomic E-state index is 0.651. The van der Waals surface area contributed by atoms with Gasteiger partial charge in [-0.1, -0.05) is 23.7 Å². The summed E-state index contributed by atoms with van der Waals surface area (Å²) in [7, 11) is 2.23. The lowest BCUT2D eigenvalue weighted by Gasteiger charge is -2.35. The third-order valence-corrected chi connectivity index (χ3v) is 5.13. The molecule has 0 aromatic heterocycles. The second kappa shape index (κ2) is 6.55. The molecule has 2 fully saturated rings. The molecule has 1 N–H and O–H groups in total. The maximum absolute atomic E-state index is 6.28. The molecule has 116 valence electrons. The lowest BCUT2D eigenvalue weighted by molar-refractivity contribution is 0.164. The molecule has 0 aliphatic carbocycles. The van der Waals surface area contributed by atoms with Crippen molar-refractivity contribution in [1.82, 2.24) is 10.2 Å². The van der Waals surface area contributed by atoms with Crippen molar-refractivity contribution in [2.24, 2.45) is 0 Å². The molecule has 2 aliphatic rings. The van der Waals surface area contributed by atoms with Crippen LogP contribution in [0.3, 0.4) is 0 Å². The van der Waals surface area contributed by atoms with Gasteiger partial charge >= 0.3 is 0 Å². The molecule has 3 nitrogen and oxygen atoms in total. The molecule has 2 aliphatic heterocycles. The van der Waals surface area contributed by atoms with E-state index >= 15 is 0 Å². The van der Waals surface area contributed by atoms with Gasteiger partial charge in [0.05, 0.1) is 11.6 Å². The van der Waals surface area contributed by atoms with Crippen LogP contribution in [0.15, 0.2) is 18.2 Å². The summed E-state index contributed by atoms with van der Waals surface area (Å²) in [5.41, 5.74) is 1.19. The van der Waals surface area contributed by atoms with Crippen molar-refractivity contribution >= 4 is 11.6 Å². The Bertz CT molecular complexity index is 482. The molecule has 0 spiro atoms. The van der Waals surface area contributed by atoms with Gasteiger partial charge in [-0.2, -0.15) is 0 Å². The molecular weight excluding hydrogens is 284 g/mol. The molecule has 1 aromatic rings. The Kier molecular flexibility index (Phi) is 4.72. The fourth-order valence-corrected chi connectivity index (χ4v) is 4.02. The predicted molar refractivity (Wildman–Crippen MR) is 87.1 cm³/mol. The highest BCUT2D eigenvalue weighted by Crippen LogP contribution is 2.33. The SMILES string of the molecule is CCOc1c(Cl)cccc1CN(C)C1CC2CCC(C1)N2. The summed E-state index contributed by atoms with van der Waals surface area (Å²) in [6, 6.07) is 8.16. The number of hydrogen-bond acceptors (Lipinski definition) is 3. The van der Waals surface area contributed by atoms with Gasteiger partial charge in [-0.05, 0) is 45.7 Å². The lowest BCUT2D eigenvalue weighted by Crippen LogP contribution is -2.46. The third kappa shape index (κ3) is 3.36. The Morgan fingerprint density at radius 3 is 2.67 bits per heavy atom. The number of nitrogens with zero attached hydrogens (tertiary/aromatic N) is 1. The Labute approximate surface area is 132 Å². The van der Waals surface area contributed by atoms with E-state index in [2.05, 4.69) is 23.3 Å². The van der Waals surface area contributed by atoms with Crippen LogP contribution >= 0.6 is 11.6 Å². The first-order valence-electron chi connectivity index (χ1n) is 8.03. The number of halogens is 1. The van der Waals surface area contributed by atoms with Gasteiger partial charge in [-0.3, -0.25) is 4.90 Å². The molecule has 0 saturated carbocycles. The van der Waals surface area contributed by atoms with Crippen LogP contribution in [-0.2, 0) is 6.54 Å². The van der Waals surface area contributed by atoms with E-state index in [1.165, 1.54) is 31.2 Å². The van der Waals surface area contributed by atoms with Crippen LogP contribution in [0.5, 0.6) is 5.75 Å².